The van der Waals surface area contributed by atoms with Gasteiger partial charge in [0.05, 0.1) is 22.5 Å². The van der Waals surface area contributed by atoms with Crippen molar-refractivity contribution < 1.29 is 14.0 Å². The van der Waals surface area contributed by atoms with E-state index in [2.05, 4.69) is 4.98 Å². The van der Waals surface area contributed by atoms with Gasteiger partial charge >= 0.3 is 0 Å². The fourth-order valence-electron chi connectivity index (χ4n) is 1.97. The summed E-state index contributed by atoms with van der Waals surface area (Å²) in [5, 5.41) is 0. The molecule has 0 fully saturated rings. The topological polar surface area (TPSA) is 76.3 Å². The molecule has 0 spiro atoms. The molecule has 1 aliphatic heterocycles. The Balaban J connectivity index is 2.11. The second-order valence-corrected chi connectivity index (χ2v) is 4.07. The number of aromatic nitrogens is 1. The zero-order chi connectivity index (χ0) is 13.6. The molecular formula is C13H8FN3O2. The molecule has 2 N–H and O–H groups in total. The highest BCUT2D eigenvalue weighted by Gasteiger charge is 2.36. The van der Waals surface area contributed by atoms with E-state index < -0.39 is 17.6 Å². The van der Waals surface area contributed by atoms with E-state index in [9.17, 15) is 14.0 Å². The van der Waals surface area contributed by atoms with E-state index in [1.54, 1.807) is 0 Å². The maximum atomic E-state index is 13.4. The van der Waals surface area contributed by atoms with E-state index in [1.165, 1.54) is 30.6 Å². The van der Waals surface area contributed by atoms with Gasteiger partial charge in [0, 0.05) is 18.5 Å². The molecule has 2 heterocycles. The Bertz CT molecular complexity index is 680. The second-order valence-electron chi connectivity index (χ2n) is 4.07. The molecule has 0 saturated carbocycles. The fraction of sp³-hybridized carbons (Fsp3) is 0. The molecule has 0 radical (unpaired) electrons. The lowest BCUT2D eigenvalue weighted by Gasteiger charge is -2.14. The lowest BCUT2D eigenvalue weighted by atomic mass is 10.2. The number of hydrogen-bond acceptors (Lipinski definition) is 4. The average molecular weight is 257 g/mol. The monoisotopic (exact) mass is 257 g/mol. The molecule has 94 valence electrons. The molecule has 1 aromatic heterocycles. The first-order valence-corrected chi connectivity index (χ1v) is 5.47. The Morgan fingerprint density at radius 2 is 1.84 bits per heavy atom. The number of fused-ring (bicyclic) bond motifs is 1. The first-order valence-electron chi connectivity index (χ1n) is 5.47. The number of imide groups is 1. The number of hydrogen-bond donors (Lipinski definition) is 1. The first-order chi connectivity index (χ1) is 9.09. The van der Waals surface area contributed by atoms with Crippen LogP contribution in [0.2, 0.25) is 0 Å². The van der Waals surface area contributed by atoms with Gasteiger partial charge in [0.2, 0.25) is 0 Å². The summed E-state index contributed by atoms with van der Waals surface area (Å²) < 4.78 is 13.4. The predicted molar refractivity (Wildman–Crippen MR) is 66.2 cm³/mol. The number of amides is 2. The van der Waals surface area contributed by atoms with Gasteiger partial charge in [-0.1, -0.05) is 0 Å². The van der Waals surface area contributed by atoms with Crippen LogP contribution in [0, 0.1) is 5.82 Å². The van der Waals surface area contributed by atoms with Crippen LogP contribution in [0.3, 0.4) is 0 Å². The minimum Gasteiger partial charge on any atom is -0.396 e. The minimum absolute atomic E-state index is 0.0398. The van der Waals surface area contributed by atoms with Gasteiger partial charge < -0.3 is 5.73 Å². The smallest absolute Gasteiger partial charge is 0.267 e. The van der Waals surface area contributed by atoms with Crippen LogP contribution in [0.4, 0.5) is 15.8 Å². The van der Waals surface area contributed by atoms with Crippen LogP contribution in [-0.2, 0) is 0 Å². The molecule has 0 bridgehead atoms. The van der Waals surface area contributed by atoms with Gasteiger partial charge in [0.1, 0.15) is 5.82 Å². The summed E-state index contributed by atoms with van der Waals surface area (Å²) in [4.78, 5) is 29.0. The highest BCUT2D eigenvalue weighted by atomic mass is 19.1. The normalized spacial score (nSPS) is 13.8. The number of nitrogens with zero attached hydrogens (tertiary/aromatic N) is 2. The number of anilines is 2. The largest absolute Gasteiger partial charge is 0.396 e. The van der Waals surface area contributed by atoms with Crippen LogP contribution in [0.5, 0.6) is 0 Å². The zero-order valence-corrected chi connectivity index (χ0v) is 9.63. The van der Waals surface area contributed by atoms with Crippen LogP contribution in [0.15, 0.2) is 36.7 Å². The van der Waals surface area contributed by atoms with Crippen molar-refractivity contribution in [3.8, 4) is 0 Å². The molecule has 0 atom stereocenters. The summed E-state index contributed by atoms with van der Waals surface area (Å²) in [5.41, 5.74) is 5.95. The summed E-state index contributed by atoms with van der Waals surface area (Å²) in [5.74, 6) is -1.68. The molecule has 3 rings (SSSR count). The standard InChI is InChI=1S/C13H8FN3O2/c14-10-5-7(1-2-11(10)15)17-12(18)8-3-4-16-6-9(8)13(17)19/h1-6H,15H2. The number of halogens is 1. The van der Waals surface area contributed by atoms with Crippen molar-refractivity contribution in [1.29, 1.82) is 0 Å². The Hall–Kier alpha value is -2.76. The van der Waals surface area contributed by atoms with Crippen LogP contribution >= 0.6 is 0 Å². The van der Waals surface area contributed by atoms with Crippen LogP contribution in [0.25, 0.3) is 0 Å². The number of rotatable bonds is 1. The lowest BCUT2D eigenvalue weighted by Crippen LogP contribution is -2.29. The molecule has 5 nitrogen and oxygen atoms in total. The second kappa shape index (κ2) is 3.88. The third kappa shape index (κ3) is 1.57. The number of carbonyl (C=O) groups excluding carboxylic acids is 2. The van der Waals surface area contributed by atoms with Crippen LogP contribution in [0.1, 0.15) is 20.7 Å². The third-order valence-electron chi connectivity index (χ3n) is 2.93. The third-order valence-corrected chi connectivity index (χ3v) is 2.93. The SMILES string of the molecule is Nc1ccc(N2C(=O)c3ccncc3C2=O)cc1F. The van der Waals surface area contributed by atoms with Gasteiger partial charge in [-0.05, 0) is 18.2 Å². The fourth-order valence-corrected chi connectivity index (χ4v) is 1.97. The van der Waals surface area contributed by atoms with Gasteiger partial charge in [-0.3, -0.25) is 14.6 Å². The predicted octanol–water partition coefficient (Wildman–Crippen LogP) is 1.60. The zero-order valence-electron chi connectivity index (χ0n) is 9.63. The van der Waals surface area contributed by atoms with Crippen LogP contribution in [-0.4, -0.2) is 16.8 Å². The van der Waals surface area contributed by atoms with Crippen molar-refractivity contribution >= 4 is 23.2 Å². The molecule has 1 aromatic carbocycles. The molecule has 6 heteroatoms. The van der Waals surface area contributed by atoms with E-state index in [4.69, 9.17) is 5.73 Å². The van der Waals surface area contributed by atoms with E-state index in [-0.39, 0.29) is 22.5 Å². The Kier molecular flexibility index (Phi) is 2.31. The van der Waals surface area contributed by atoms with Gasteiger partial charge in [-0.25, -0.2) is 9.29 Å². The number of pyridine rings is 1. The minimum atomic E-state index is -0.674. The molecule has 19 heavy (non-hydrogen) atoms. The van der Waals surface area contributed by atoms with Crippen molar-refractivity contribution in [2.75, 3.05) is 10.6 Å². The molecular weight excluding hydrogens is 249 g/mol. The van der Waals surface area contributed by atoms with Crippen molar-refractivity contribution in [3.05, 3.63) is 53.6 Å². The summed E-state index contributed by atoms with van der Waals surface area (Å²) in [7, 11) is 0. The van der Waals surface area contributed by atoms with E-state index in [0.717, 1.165) is 11.0 Å². The Labute approximate surface area is 107 Å². The molecule has 1 aliphatic rings. The lowest BCUT2D eigenvalue weighted by molar-refractivity contribution is 0.0926. The average Bonchev–Trinajstić information content (AvgIpc) is 2.66. The van der Waals surface area contributed by atoms with Gasteiger partial charge in [-0.15, -0.1) is 0 Å². The number of nitrogens with two attached hydrogens (primary N) is 1. The molecule has 2 aromatic rings. The van der Waals surface area contributed by atoms with Crippen molar-refractivity contribution in [3.63, 3.8) is 0 Å². The number of benzene rings is 1. The first kappa shape index (κ1) is 11.3. The Morgan fingerprint density at radius 1 is 1.11 bits per heavy atom. The summed E-state index contributed by atoms with van der Waals surface area (Å²) in [6, 6.07) is 5.26. The quantitative estimate of drug-likeness (QED) is 0.622. The Morgan fingerprint density at radius 3 is 2.53 bits per heavy atom. The highest BCUT2D eigenvalue weighted by molar-refractivity contribution is 6.34. The van der Waals surface area contributed by atoms with Crippen molar-refractivity contribution in [2.24, 2.45) is 0 Å². The van der Waals surface area contributed by atoms with Gasteiger partial charge in [0.25, 0.3) is 11.8 Å². The van der Waals surface area contributed by atoms with Crippen molar-refractivity contribution in [1.82, 2.24) is 4.98 Å². The summed E-state index contributed by atoms with van der Waals surface area (Å²) in [6.07, 6.45) is 2.75. The van der Waals surface area contributed by atoms with Gasteiger partial charge in [0.15, 0.2) is 0 Å². The molecule has 0 aliphatic carbocycles. The summed E-state index contributed by atoms with van der Waals surface area (Å²) in [6.45, 7) is 0. The van der Waals surface area contributed by atoms with E-state index in [0.29, 0.717) is 0 Å². The molecule has 0 unspecified atom stereocenters. The molecule has 0 saturated heterocycles. The van der Waals surface area contributed by atoms with E-state index in [1.807, 2.05) is 0 Å². The van der Waals surface area contributed by atoms with Gasteiger partial charge in [-0.2, -0.15) is 0 Å². The maximum Gasteiger partial charge on any atom is 0.267 e. The highest BCUT2D eigenvalue weighted by Crippen LogP contribution is 2.29. The van der Waals surface area contributed by atoms with E-state index >= 15 is 0 Å². The summed E-state index contributed by atoms with van der Waals surface area (Å²) >= 11 is 0. The number of carbonyl (C=O) groups is 2. The number of nitrogen functional groups attached to an aromatic ring is 1. The maximum absolute atomic E-state index is 13.4. The van der Waals surface area contributed by atoms with Crippen molar-refractivity contribution in [2.45, 2.75) is 0 Å². The molecule has 2 amide bonds. The van der Waals surface area contributed by atoms with Crippen LogP contribution < -0.4 is 10.6 Å².